The SMILES string of the molecule is c1ccc(-c2ccc(-n3c4ccccc4c4cc5c6ccccc6n(-c6ccc(-c7ccccn7)nc6)c5nc43)cn2)nc1. The van der Waals surface area contributed by atoms with E-state index in [2.05, 4.69) is 85.8 Å². The molecule has 0 aliphatic heterocycles. The summed E-state index contributed by atoms with van der Waals surface area (Å²) in [5.74, 6) is 0. The van der Waals surface area contributed by atoms with E-state index >= 15 is 0 Å². The molecule has 0 aliphatic carbocycles. The monoisotopic (exact) mass is 565 g/mol. The molecule has 7 heterocycles. The molecule has 0 radical (unpaired) electrons. The highest BCUT2D eigenvalue weighted by atomic mass is 15.1. The molecule has 7 nitrogen and oxygen atoms in total. The Morgan fingerprint density at radius 1 is 0.386 bits per heavy atom. The molecule has 0 fully saturated rings. The second-order valence-electron chi connectivity index (χ2n) is 10.7. The number of benzene rings is 2. The number of para-hydroxylation sites is 2. The molecule has 206 valence electrons. The number of pyridine rings is 5. The number of fused-ring (bicyclic) bond motifs is 6. The van der Waals surface area contributed by atoms with Gasteiger partial charge in [0.2, 0.25) is 0 Å². The van der Waals surface area contributed by atoms with Crippen LogP contribution in [0.4, 0.5) is 0 Å². The zero-order valence-electron chi connectivity index (χ0n) is 23.4. The van der Waals surface area contributed by atoms with E-state index in [9.17, 15) is 0 Å². The Kier molecular flexibility index (Phi) is 5.36. The summed E-state index contributed by atoms with van der Waals surface area (Å²) in [5.41, 5.74) is 9.10. The number of rotatable bonds is 4. The van der Waals surface area contributed by atoms with Gasteiger partial charge in [-0.3, -0.25) is 29.1 Å². The van der Waals surface area contributed by atoms with Crippen molar-refractivity contribution in [3.8, 4) is 34.2 Å². The molecule has 7 heteroatoms. The lowest BCUT2D eigenvalue weighted by atomic mass is 10.1. The average Bonchev–Trinajstić information content (AvgIpc) is 3.60. The third-order valence-corrected chi connectivity index (χ3v) is 8.14. The van der Waals surface area contributed by atoms with Crippen molar-refractivity contribution in [3.05, 3.63) is 140 Å². The van der Waals surface area contributed by atoms with Gasteiger partial charge >= 0.3 is 0 Å². The van der Waals surface area contributed by atoms with E-state index in [0.29, 0.717) is 0 Å². The molecular weight excluding hydrogens is 542 g/mol. The molecule has 9 aromatic rings. The van der Waals surface area contributed by atoms with Gasteiger partial charge in [0.25, 0.3) is 0 Å². The highest BCUT2D eigenvalue weighted by Gasteiger charge is 2.20. The second kappa shape index (κ2) is 9.68. The minimum atomic E-state index is 0.826. The molecule has 0 spiro atoms. The van der Waals surface area contributed by atoms with Gasteiger partial charge in [0, 0.05) is 33.9 Å². The summed E-state index contributed by atoms with van der Waals surface area (Å²) in [6.45, 7) is 0. The van der Waals surface area contributed by atoms with Crippen molar-refractivity contribution in [1.29, 1.82) is 0 Å². The maximum absolute atomic E-state index is 5.41. The van der Waals surface area contributed by atoms with Gasteiger partial charge < -0.3 is 0 Å². The van der Waals surface area contributed by atoms with Gasteiger partial charge in [-0.2, -0.15) is 0 Å². The molecule has 9 rings (SSSR count). The fraction of sp³-hybridized carbons (Fsp3) is 0. The minimum absolute atomic E-state index is 0.826. The van der Waals surface area contributed by atoms with Crippen LogP contribution in [0, 0.1) is 0 Å². The van der Waals surface area contributed by atoms with Gasteiger partial charge in [0.1, 0.15) is 11.3 Å². The molecule has 0 N–H and O–H groups in total. The lowest BCUT2D eigenvalue weighted by molar-refractivity contribution is 1.08. The van der Waals surface area contributed by atoms with Crippen LogP contribution in [0.2, 0.25) is 0 Å². The third kappa shape index (κ3) is 3.73. The quantitative estimate of drug-likeness (QED) is 0.215. The summed E-state index contributed by atoms with van der Waals surface area (Å²) in [6, 6.07) is 39.1. The minimum Gasteiger partial charge on any atom is -0.292 e. The predicted molar refractivity (Wildman–Crippen MR) is 175 cm³/mol. The standard InChI is InChI=1S/C37H23N7/c1-3-13-34-26(9-1)28-21-29-27-10-2-4-14-35(27)44(25-16-18-33(41-23-25)31-12-6-8-20-39-31)37(29)42-36(28)43(34)24-15-17-32(40-22-24)30-11-5-7-19-38-30/h1-23H. The van der Waals surface area contributed by atoms with Crippen LogP contribution in [0.3, 0.4) is 0 Å². The smallest absolute Gasteiger partial charge is 0.148 e. The Morgan fingerprint density at radius 3 is 1.27 bits per heavy atom. The highest BCUT2D eigenvalue weighted by Crippen LogP contribution is 2.37. The van der Waals surface area contributed by atoms with Gasteiger partial charge in [-0.1, -0.05) is 48.5 Å². The van der Waals surface area contributed by atoms with Gasteiger partial charge in [0.05, 0.1) is 57.6 Å². The van der Waals surface area contributed by atoms with E-state index in [0.717, 1.165) is 78.0 Å². The van der Waals surface area contributed by atoms with Crippen molar-refractivity contribution < 1.29 is 0 Å². The van der Waals surface area contributed by atoms with Crippen LogP contribution in [0.15, 0.2) is 140 Å². The summed E-state index contributed by atoms with van der Waals surface area (Å²) in [4.78, 5) is 23.9. The Balaban J connectivity index is 1.29. The zero-order chi connectivity index (χ0) is 29.0. The predicted octanol–water partition coefficient (Wildman–Crippen LogP) is 8.19. The lowest BCUT2D eigenvalue weighted by Crippen LogP contribution is -2.00. The molecule has 0 saturated carbocycles. The van der Waals surface area contributed by atoms with Crippen molar-refractivity contribution in [2.45, 2.75) is 0 Å². The van der Waals surface area contributed by atoms with E-state index in [-0.39, 0.29) is 0 Å². The summed E-state index contributed by atoms with van der Waals surface area (Å²) in [7, 11) is 0. The topological polar surface area (TPSA) is 74.3 Å². The maximum Gasteiger partial charge on any atom is 0.148 e. The van der Waals surface area contributed by atoms with Crippen LogP contribution in [0.1, 0.15) is 0 Å². The van der Waals surface area contributed by atoms with Crippen LogP contribution < -0.4 is 0 Å². The van der Waals surface area contributed by atoms with E-state index in [4.69, 9.17) is 15.0 Å². The Morgan fingerprint density at radius 2 is 0.841 bits per heavy atom. The first kappa shape index (κ1) is 24.4. The van der Waals surface area contributed by atoms with Crippen LogP contribution in [0.5, 0.6) is 0 Å². The van der Waals surface area contributed by atoms with Crippen LogP contribution >= 0.6 is 0 Å². The molecule has 0 atom stereocenters. The first-order chi connectivity index (χ1) is 21.8. The molecule has 0 saturated heterocycles. The van der Waals surface area contributed by atoms with Crippen LogP contribution in [0.25, 0.3) is 78.0 Å². The van der Waals surface area contributed by atoms with E-state index in [1.54, 1.807) is 12.4 Å². The zero-order valence-corrected chi connectivity index (χ0v) is 23.4. The average molecular weight is 566 g/mol. The van der Waals surface area contributed by atoms with Crippen molar-refractivity contribution in [2.75, 3.05) is 0 Å². The van der Waals surface area contributed by atoms with Gasteiger partial charge in [-0.15, -0.1) is 0 Å². The van der Waals surface area contributed by atoms with Gasteiger partial charge in [0.15, 0.2) is 0 Å². The summed E-state index contributed by atoms with van der Waals surface area (Å²) in [6.07, 6.45) is 7.37. The Bertz CT molecular complexity index is 2290. The fourth-order valence-corrected chi connectivity index (χ4v) is 6.14. The summed E-state index contributed by atoms with van der Waals surface area (Å²) in [5, 5.41) is 4.47. The molecule has 7 aromatic heterocycles. The Labute approximate surface area is 251 Å². The van der Waals surface area contributed by atoms with Gasteiger partial charge in [-0.05, 0) is 66.7 Å². The normalized spacial score (nSPS) is 11.6. The summed E-state index contributed by atoms with van der Waals surface area (Å²) < 4.78 is 4.40. The molecule has 0 aliphatic rings. The van der Waals surface area contributed by atoms with E-state index < -0.39 is 0 Å². The first-order valence-corrected chi connectivity index (χ1v) is 14.4. The number of nitrogens with zero attached hydrogens (tertiary/aromatic N) is 7. The van der Waals surface area contributed by atoms with E-state index in [1.807, 2.05) is 60.9 Å². The highest BCUT2D eigenvalue weighted by molar-refractivity contribution is 6.16. The van der Waals surface area contributed by atoms with Crippen molar-refractivity contribution in [1.82, 2.24) is 34.1 Å². The Hall–Kier alpha value is -6.21. The number of aromatic nitrogens is 7. The third-order valence-electron chi connectivity index (χ3n) is 8.14. The molecule has 0 amide bonds. The molecule has 0 unspecified atom stereocenters. The molecule has 2 aromatic carbocycles. The number of hydrogen-bond acceptors (Lipinski definition) is 5. The molecular formula is C37H23N7. The van der Waals surface area contributed by atoms with Crippen LogP contribution in [-0.4, -0.2) is 34.1 Å². The molecule has 44 heavy (non-hydrogen) atoms. The summed E-state index contributed by atoms with van der Waals surface area (Å²) >= 11 is 0. The van der Waals surface area contributed by atoms with Crippen molar-refractivity contribution in [2.24, 2.45) is 0 Å². The fourth-order valence-electron chi connectivity index (χ4n) is 6.14. The van der Waals surface area contributed by atoms with Crippen molar-refractivity contribution in [3.63, 3.8) is 0 Å². The first-order valence-electron chi connectivity index (χ1n) is 14.4. The second-order valence-corrected chi connectivity index (χ2v) is 10.7. The number of hydrogen-bond donors (Lipinski definition) is 0. The molecule has 0 bridgehead atoms. The maximum atomic E-state index is 5.41. The van der Waals surface area contributed by atoms with Crippen LogP contribution in [-0.2, 0) is 0 Å². The van der Waals surface area contributed by atoms with Crippen molar-refractivity contribution >= 4 is 43.9 Å². The largest absolute Gasteiger partial charge is 0.292 e. The van der Waals surface area contributed by atoms with E-state index in [1.165, 1.54) is 0 Å². The lowest BCUT2D eigenvalue weighted by Gasteiger charge is -2.10. The van der Waals surface area contributed by atoms with Gasteiger partial charge in [-0.25, -0.2) is 4.98 Å².